The maximum Gasteiger partial charge on any atom is 0.225 e. The van der Waals surface area contributed by atoms with Gasteiger partial charge in [-0.15, -0.1) is 0 Å². The Bertz CT molecular complexity index is 611. The third kappa shape index (κ3) is 5.87. The molecule has 0 bridgehead atoms. The Morgan fingerprint density at radius 3 is 2.13 bits per heavy atom. The Labute approximate surface area is 141 Å². The lowest BCUT2D eigenvalue weighted by Gasteiger charge is -2.09. The van der Waals surface area contributed by atoms with Crippen molar-refractivity contribution in [3.63, 3.8) is 0 Å². The van der Waals surface area contributed by atoms with Crippen LogP contribution in [-0.2, 0) is 4.79 Å². The largest absolute Gasteiger partial charge is 0.494 e. The minimum absolute atomic E-state index is 0.0273. The lowest BCUT2D eigenvalue weighted by atomic mass is 10.3. The third-order valence-electron chi connectivity index (χ3n) is 3.04. The summed E-state index contributed by atoms with van der Waals surface area (Å²) in [5, 5.41) is 2.86. The van der Waals surface area contributed by atoms with Crippen molar-refractivity contribution < 1.29 is 14.3 Å². The molecule has 2 aromatic rings. The first-order valence-corrected chi connectivity index (χ1v) is 8.90. The van der Waals surface area contributed by atoms with Crippen LogP contribution in [0.5, 0.6) is 17.2 Å². The zero-order valence-electron chi connectivity index (χ0n) is 13.4. The van der Waals surface area contributed by atoms with Crippen molar-refractivity contribution in [3.05, 3.63) is 48.5 Å². The molecule has 0 saturated carbocycles. The number of nitrogens with one attached hydrogen (secondary N) is 1. The third-order valence-corrected chi connectivity index (χ3v) is 3.65. The Kier molecular flexibility index (Phi) is 6.81. The van der Waals surface area contributed by atoms with Gasteiger partial charge in [0.2, 0.25) is 5.91 Å². The van der Waals surface area contributed by atoms with E-state index >= 15 is 0 Å². The van der Waals surface area contributed by atoms with Gasteiger partial charge in [0.25, 0.3) is 0 Å². The second-order valence-electron chi connectivity index (χ2n) is 4.82. The number of amides is 1. The van der Waals surface area contributed by atoms with Crippen molar-refractivity contribution in [3.8, 4) is 17.2 Å². The van der Waals surface area contributed by atoms with Crippen LogP contribution >= 0.6 is 11.8 Å². The summed E-state index contributed by atoms with van der Waals surface area (Å²) >= 11 is 1.66. The van der Waals surface area contributed by atoms with Gasteiger partial charge < -0.3 is 14.8 Å². The van der Waals surface area contributed by atoms with Crippen LogP contribution in [0, 0.1) is 0 Å². The van der Waals surface area contributed by atoms with E-state index in [1.807, 2.05) is 61.7 Å². The van der Waals surface area contributed by atoms with E-state index in [1.165, 1.54) is 0 Å². The van der Waals surface area contributed by atoms with Gasteiger partial charge in [-0.2, -0.15) is 11.8 Å². The average Bonchev–Trinajstić information content (AvgIpc) is 2.57. The quantitative estimate of drug-likeness (QED) is 0.770. The number of hydrogen-bond donors (Lipinski definition) is 1. The molecule has 0 spiro atoms. The Morgan fingerprint density at radius 2 is 1.57 bits per heavy atom. The van der Waals surface area contributed by atoms with Gasteiger partial charge in [-0.25, -0.2) is 0 Å². The summed E-state index contributed by atoms with van der Waals surface area (Å²) in [5.74, 6) is 3.13. The molecule has 0 aliphatic carbocycles. The highest BCUT2D eigenvalue weighted by molar-refractivity contribution is 7.98. The molecule has 0 aliphatic heterocycles. The van der Waals surface area contributed by atoms with Crippen molar-refractivity contribution in [2.45, 2.75) is 13.3 Å². The van der Waals surface area contributed by atoms with E-state index in [-0.39, 0.29) is 5.91 Å². The first-order valence-electron chi connectivity index (χ1n) is 7.51. The molecule has 4 nitrogen and oxygen atoms in total. The van der Waals surface area contributed by atoms with Crippen molar-refractivity contribution in [2.24, 2.45) is 0 Å². The standard InChI is InChI=1S/C18H21NO3S/c1-3-21-15-8-10-17(11-9-15)22-16-6-4-14(5-7-16)19-18(20)12-13-23-2/h4-11H,3,12-13H2,1-2H3,(H,19,20). The molecule has 0 saturated heterocycles. The number of hydrogen-bond acceptors (Lipinski definition) is 4. The summed E-state index contributed by atoms with van der Waals surface area (Å²) in [6, 6.07) is 14.8. The van der Waals surface area contributed by atoms with Gasteiger partial charge in [-0.05, 0) is 61.7 Å². The molecular formula is C18H21NO3S. The number of carbonyl (C=O) groups is 1. The predicted octanol–water partition coefficient (Wildman–Crippen LogP) is 4.57. The lowest BCUT2D eigenvalue weighted by Crippen LogP contribution is -2.11. The highest BCUT2D eigenvalue weighted by Crippen LogP contribution is 2.25. The first kappa shape index (κ1) is 17.2. The summed E-state index contributed by atoms with van der Waals surface area (Å²) in [6.07, 6.45) is 2.51. The van der Waals surface area contributed by atoms with Crippen LogP contribution in [0.2, 0.25) is 0 Å². The van der Waals surface area contributed by atoms with Crippen molar-refractivity contribution in [1.29, 1.82) is 0 Å². The number of ether oxygens (including phenoxy) is 2. The minimum Gasteiger partial charge on any atom is -0.494 e. The Morgan fingerprint density at radius 1 is 1.00 bits per heavy atom. The molecule has 0 aliphatic rings. The predicted molar refractivity (Wildman–Crippen MR) is 95.8 cm³/mol. The molecule has 23 heavy (non-hydrogen) atoms. The maximum absolute atomic E-state index is 11.7. The van der Waals surface area contributed by atoms with Crippen LogP contribution in [0.4, 0.5) is 5.69 Å². The van der Waals surface area contributed by atoms with E-state index in [0.717, 1.165) is 28.7 Å². The van der Waals surface area contributed by atoms with E-state index in [1.54, 1.807) is 11.8 Å². The molecule has 0 heterocycles. The summed E-state index contributed by atoms with van der Waals surface area (Å²) in [7, 11) is 0. The van der Waals surface area contributed by atoms with Crippen molar-refractivity contribution in [2.75, 3.05) is 23.9 Å². The van der Waals surface area contributed by atoms with Gasteiger partial charge in [0, 0.05) is 17.9 Å². The number of anilines is 1. The van der Waals surface area contributed by atoms with Crippen LogP contribution in [0.15, 0.2) is 48.5 Å². The van der Waals surface area contributed by atoms with Crippen molar-refractivity contribution >= 4 is 23.4 Å². The second-order valence-corrected chi connectivity index (χ2v) is 5.81. The molecule has 1 amide bonds. The minimum atomic E-state index is 0.0273. The van der Waals surface area contributed by atoms with E-state index in [4.69, 9.17) is 9.47 Å². The number of benzene rings is 2. The smallest absolute Gasteiger partial charge is 0.225 e. The highest BCUT2D eigenvalue weighted by atomic mass is 32.2. The topological polar surface area (TPSA) is 47.6 Å². The molecule has 0 atom stereocenters. The summed E-state index contributed by atoms with van der Waals surface area (Å²) < 4.78 is 11.2. The number of rotatable bonds is 8. The SMILES string of the molecule is CCOc1ccc(Oc2ccc(NC(=O)CCSC)cc2)cc1. The van der Waals surface area contributed by atoms with Gasteiger partial charge in [0.15, 0.2) is 0 Å². The normalized spacial score (nSPS) is 10.2. The summed E-state index contributed by atoms with van der Waals surface area (Å²) in [6.45, 7) is 2.59. The monoisotopic (exact) mass is 331 g/mol. The van der Waals surface area contributed by atoms with Crippen LogP contribution in [-0.4, -0.2) is 24.5 Å². The molecule has 2 rings (SSSR count). The van der Waals surface area contributed by atoms with E-state index in [0.29, 0.717) is 13.0 Å². The van der Waals surface area contributed by atoms with Crippen molar-refractivity contribution in [1.82, 2.24) is 0 Å². The fourth-order valence-corrected chi connectivity index (χ4v) is 2.32. The van der Waals surface area contributed by atoms with Gasteiger partial charge in [0.1, 0.15) is 17.2 Å². The molecule has 1 N–H and O–H groups in total. The zero-order valence-corrected chi connectivity index (χ0v) is 14.2. The fourth-order valence-electron chi connectivity index (χ4n) is 1.93. The molecule has 122 valence electrons. The van der Waals surface area contributed by atoms with Crippen LogP contribution in [0.3, 0.4) is 0 Å². The molecule has 2 aromatic carbocycles. The Balaban J connectivity index is 1.90. The van der Waals surface area contributed by atoms with Crippen LogP contribution in [0.25, 0.3) is 0 Å². The fraction of sp³-hybridized carbons (Fsp3) is 0.278. The molecule has 0 aromatic heterocycles. The highest BCUT2D eigenvalue weighted by Gasteiger charge is 2.03. The van der Waals surface area contributed by atoms with E-state index < -0.39 is 0 Å². The first-order chi connectivity index (χ1) is 11.2. The molecule has 0 radical (unpaired) electrons. The van der Waals surface area contributed by atoms with Crippen LogP contribution in [0.1, 0.15) is 13.3 Å². The molecule has 5 heteroatoms. The zero-order chi connectivity index (χ0) is 16.5. The maximum atomic E-state index is 11.7. The second kappa shape index (κ2) is 9.10. The van der Waals surface area contributed by atoms with Gasteiger partial charge in [-0.1, -0.05) is 0 Å². The van der Waals surface area contributed by atoms with Gasteiger partial charge in [-0.3, -0.25) is 4.79 Å². The summed E-state index contributed by atoms with van der Waals surface area (Å²) in [4.78, 5) is 11.7. The summed E-state index contributed by atoms with van der Waals surface area (Å²) in [5.41, 5.74) is 0.773. The molecule has 0 fully saturated rings. The molecule has 0 unspecified atom stereocenters. The van der Waals surface area contributed by atoms with E-state index in [2.05, 4.69) is 5.32 Å². The average molecular weight is 331 g/mol. The molecular weight excluding hydrogens is 310 g/mol. The van der Waals surface area contributed by atoms with E-state index in [9.17, 15) is 4.79 Å². The number of thioether (sulfide) groups is 1. The van der Waals surface area contributed by atoms with Gasteiger partial charge in [0.05, 0.1) is 6.61 Å². The van der Waals surface area contributed by atoms with Crippen LogP contribution < -0.4 is 14.8 Å². The lowest BCUT2D eigenvalue weighted by molar-refractivity contribution is -0.115. The number of carbonyl (C=O) groups excluding carboxylic acids is 1. The van der Waals surface area contributed by atoms with Gasteiger partial charge >= 0.3 is 0 Å². The Hall–Kier alpha value is -2.14.